The van der Waals surface area contributed by atoms with Gasteiger partial charge in [-0.2, -0.15) is 18.2 Å². The minimum atomic E-state index is -4.22. The Bertz CT molecular complexity index is 457. The van der Waals surface area contributed by atoms with E-state index in [1.54, 1.807) is 13.0 Å². The molecule has 0 spiro atoms. The zero-order chi connectivity index (χ0) is 14.8. The minimum Gasteiger partial charge on any atom is -0.354 e. The van der Waals surface area contributed by atoms with Crippen LogP contribution in [0.4, 0.5) is 24.9 Å². The first-order valence-electron chi connectivity index (χ1n) is 6.82. The Balaban J connectivity index is 2.21. The number of aryl methyl sites for hydroxylation is 1. The van der Waals surface area contributed by atoms with Gasteiger partial charge in [-0.25, -0.2) is 4.98 Å². The smallest absolute Gasteiger partial charge is 0.354 e. The van der Waals surface area contributed by atoms with Crippen molar-refractivity contribution in [3.8, 4) is 0 Å². The van der Waals surface area contributed by atoms with Crippen molar-refractivity contribution >= 4 is 11.8 Å². The molecule has 0 aliphatic heterocycles. The van der Waals surface area contributed by atoms with E-state index in [-0.39, 0.29) is 6.04 Å². The summed E-state index contributed by atoms with van der Waals surface area (Å²) in [7, 11) is 0. The van der Waals surface area contributed by atoms with Gasteiger partial charge in [-0.3, -0.25) is 0 Å². The van der Waals surface area contributed by atoms with Gasteiger partial charge in [0.1, 0.15) is 12.4 Å². The van der Waals surface area contributed by atoms with E-state index < -0.39 is 12.7 Å². The predicted octanol–water partition coefficient (Wildman–Crippen LogP) is 3.14. The molecule has 1 heterocycles. The fourth-order valence-corrected chi connectivity index (χ4v) is 1.99. The summed E-state index contributed by atoms with van der Waals surface area (Å²) < 4.78 is 38.0. The molecule has 1 aliphatic carbocycles. The monoisotopic (exact) mass is 288 g/mol. The minimum absolute atomic E-state index is 0.0510. The standard InChI is InChI=1S/C13H19F3N4/c1-3-6-17-12-18-9(2)7-11(19-12)20(10-4-5-10)8-13(14,15)16/h7,10H,3-6,8H2,1-2H3,(H,17,18,19). The predicted molar refractivity (Wildman–Crippen MR) is 72.0 cm³/mol. The van der Waals surface area contributed by atoms with E-state index in [4.69, 9.17) is 0 Å². The number of halogens is 3. The highest BCUT2D eigenvalue weighted by Gasteiger charge is 2.39. The van der Waals surface area contributed by atoms with Crippen LogP contribution in [-0.4, -0.2) is 35.3 Å². The summed E-state index contributed by atoms with van der Waals surface area (Å²) in [4.78, 5) is 9.76. The van der Waals surface area contributed by atoms with Gasteiger partial charge >= 0.3 is 6.18 Å². The maximum absolute atomic E-state index is 12.7. The number of aromatic nitrogens is 2. The van der Waals surface area contributed by atoms with Crippen molar-refractivity contribution in [1.82, 2.24) is 9.97 Å². The van der Waals surface area contributed by atoms with E-state index in [1.807, 2.05) is 6.92 Å². The third kappa shape index (κ3) is 4.25. The fourth-order valence-electron chi connectivity index (χ4n) is 1.99. The van der Waals surface area contributed by atoms with Crippen LogP contribution in [0.1, 0.15) is 31.9 Å². The largest absolute Gasteiger partial charge is 0.405 e. The number of anilines is 2. The van der Waals surface area contributed by atoms with Crippen LogP contribution in [0.15, 0.2) is 6.07 Å². The SMILES string of the molecule is CCCNc1nc(C)cc(N(CC(F)(F)F)C2CC2)n1. The Morgan fingerprint density at radius 2 is 2.05 bits per heavy atom. The molecule has 1 N–H and O–H groups in total. The molecule has 0 amide bonds. The highest BCUT2D eigenvalue weighted by atomic mass is 19.4. The molecule has 0 atom stereocenters. The average molecular weight is 288 g/mol. The Labute approximate surface area is 116 Å². The summed E-state index contributed by atoms with van der Waals surface area (Å²) in [5.74, 6) is 0.755. The molecule has 7 heteroatoms. The highest BCUT2D eigenvalue weighted by molar-refractivity contribution is 5.47. The summed E-state index contributed by atoms with van der Waals surface area (Å²) in [6.45, 7) is 3.51. The number of rotatable bonds is 6. The van der Waals surface area contributed by atoms with Crippen LogP contribution in [0.3, 0.4) is 0 Å². The van der Waals surface area contributed by atoms with E-state index in [0.29, 0.717) is 24.0 Å². The molecule has 1 saturated carbocycles. The lowest BCUT2D eigenvalue weighted by molar-refractivity contribution is -0.120. The van der Waals surface area contributed by atoms with Crippen LogP contribution in [-0.2, 0) is 0 Å². The van der Waals surface area contributed by atoms with Crippen molar-refractivity contribution in [2.45, 2.75) is 45.3 Å². The molecule has 1 aromatic rings. The normalized spacial score (nSPS) is 15.2. The summed E-state index contributed by atoms with van der Waals surface area (Å²) in [5, 5.41) is 3.02. The molecule has 4 nitrogen and oxygen atoms in total. The molecule has 1 aromatic heterocycles. The summed E-state index contributed by atoms with van der Waals surface area (Å²) in [6, 6.07) is 1.56. The summed E-state index contributed by atoms with van der Waals surface area (Å²) in [5.41, 5.74) is 0.668. The van der Waals surface area contributed by atoms with E-state index in [2.05, 4.69) is 15.3 Å². The van der Waals surface area contributed by atoms with Gasteiger partial charge in [0.05, 0.1) is 0 Å². The van der Waals surface area contributed by atoms with Gasteiger partial charge in [-0.1, -0.05) is 6.92 Å². The quantitative estimate of drug-likeness (QED) is 0.873. The van der Waals surface area contributed by atoms with Gasteiger partial charge in [0.15, 0.2) is 0 Å². The second kappa shape index (κ2) is 5.85. The van der Waals surface area contributed by atoms with Crippen molar-refractivity contribution in [3.05, 3.63) is 11.8 Å². The van der Waals surface area contributed by atoms with Gasteiger partial charge in [0.2, 0.25) is 5.95 Å². The molecule has 0 bridgehead atoms. The van der Waals surface area contributed by atoms with Crippen LogP contribution in [0.5, 0.6) is 0 Å². The Morgan fingerprint density at radius 1 is 1.35 bits per heavy atom. The maximum atomic E-state index is 12.7. The molecular weight excluding hydrogens is 269 g/mol. The number of hydrogen-bond donors (Lipinski definition) is 1. The van der Waals surface area contributed by atoms with Crippen molar-refractivity contribution in [1.29, 1.82) is 0 Å². The number of hydrogen-bond acceptors (Lipinski definition) is 4. The lowest BCUT2D eigenvalue weighted by Crippen LogP contribution is -2.36. The maximum Gasteiger partial charge on any atom is 0.405 e. The number of alkyl halides is 3. The summed E-state index contributed by atoms with van der Waals surface area (Å²) in [6.07, 6.45) is -1.74. The van der Waals surface area contributed by atoms with Crippen molar-refractivity contribution in [3.63, 3.8) is 0 Å². The molecule has 0 unspecified atom stereocenters. The zero-order valence-electron chi connectivity index (χ0n) is 11.7. The fraction of sp³-hybridized carbons (Fsp3) is 0.692. The van der Waals surface area contributed by atoms with Gasteiger partial charge in [0, 0.05) is 24.3 Å². The lowest BCUT2D eigenvalue weighted by Gasteiger charge is -2.25. The Morgan fingerprint density at radius 3 is 2.60 bits per heavy atom. The van der Waals surface area contributed by atoms with Crippen molar-refractivity contribution in [2.24, 2.45) is 0 Å². The van der Waals surface area contributed by atoms with E-state index in [9.17, 15) is 13.2 Å². The molecule has 2 rings (SSSR count). The zero-order valence-corrected chi connectivity index (χ0v) is 11.7. The number of nitrogens with zero attached hydrogens (tertiary/aromatic N) is 3. The Kier molecular flexibility index (Phi) is 4.35. The molecule has 0 saturated heterocycles. The van der Waals surface area contributed by atoms with Crippen LogP contribution in [0.2, 0.25) is 0 Å². The third-order valence-electron chi connectivity index (χ3n) is 3.01. The third-order valence-corrected chi connectivity index (χ3v) is 3.01. The highest BCUT2D eigenvalue weighted by Crippen LogP contribution is 2.33. The molecule has 1 aliphatic rings. The van der Waals surface area contributed by atoms with Crippen molar-refractivity contribution < 1.29 is 13.2 Å². The average Bonchev–Trinajstić information content (AvgIpc) is 3.16. The number of nitrogens with one attached hydrogen (secondary N) is 1. The lowest BCUT2D eigenvalue weighted by atomic mass is 10.3. The molecule has 1 fully saturated rings. The Hall–Kier alpha value is -1.53. The second-order valence-electron chi connectivity index (χ2n) is 5.09. The first-order valence-corrected chi connectivity index (χ1v) is 6.82. The summed E-state index contributed by atoms with van der Waals surface area (Å²) >= 11 is 0. The molecule has 112 valence electrons. The van der Waals surface area contributed by atoms with Crippen LogP contribution in [0, 0.1) is 6.92 Å². The van der Waals surface area contributed by atoms with Crippen molar-refractivity contribution in [2.75, 3.05) is 23.3 Å². The molecular formula is C13H19F3N4. The molecule has 20 heavy (non-hydrogen) atoms. The topological polar surface area (TPSA) is 41.1 Å². The van der Waals surface area contributed by atoms with E-state index >= 15 is 0 Å². The van der Waals surface area contributed by atoms with E-state index in [0.717, 1.165) is 19.3 Å². The van der Waals surface area contributed by atoms with Crippen LogP contribution < -0.4 is 10.2 Å². The van der Waals surface area contributed by atoms with Crippen LogP contribution >= 0.6 is 0 Å². The molecule has 0 radical (unpaired) electrons. The van der Waals surface area contributed by atoms with Gasteiger partial charge < -0.3 is 10.2 Å². The van der Waals surface area contributed by atoms with E-state index in [1.165, 1.54) is 4.90 Å². The van der Waals surface area contributed by atoms with Gasteiger partial charge in [0.25, 0.3) is 0 Å². The van der Waals surface area contributed by atoms with Gasteiger partial charge in [-0.15, -0.1) is 0 Å². The molecule has 0 aromatic carbocycles. The van der Waals surface area contributed by atoms with Gasteiger partial charge in [-0.05, 0) is 26.2 Å². The van der Waals surface area contributed by atoms with Crippen LogP contribution in [0.25, 0.3) is 0 Å². The second-order valence-corrected chi connectivity index (χ2v) is 5.09. The first kappa shape index (κ1) is 14.9. The first-order chi connectivity index (χ1) is 9.39.